The third kappa shape index (κ3) is 2.82. The van der Waals surface area contributed by atoms with E-state index >= 15 is 0 Å². The van der Waals surface area contributed by atoms with Crippen molar-refractivity contribution in [2.45, 2.75) is 26.9 Å². The molecule has 0 fully saturated rings. The second-order valence-electron chi connectivity index (χ2n) is 5.25. The Morgan fingerprint density at radius 2 is 1.76 bits per heavy atom. The zero-order valence-corrected chi connectivity index (χ0v) is 13.1. The third-order valence-electron chi connectivity index (χ3n) is 3.89. The van der Waals surface area contributed by atoms with E-state index in [2.05, 4.69) is 10.4 Å². The summed E-state index contributed by atoms with van der Waals surface area (Å²) in [4.78, 5) is 23.5. The first-order valence-corrected chi connectivity index (χ1v) is 6.78. The first-order chi connectivity index (χ1) is 9.82. The molecule has 0 aromatic carbocycles. The van der Waals surface area contributed by atoms with E-state index in [0.717, 1.165) is 21.5 Å². The maximum Gasteiger partial charge on any atom is 0.330 e. The molecule has 0 aliphatic rings. The summed E-state index contributed by atoms with van der Waals surface area (Å²) in [5.41, 5.74) is 3.31. The third-order valence-corrected chi connectivity index (χ3v) is 3.89. The van der Waals surface area contributed by atoms with Gasteiger partial charge in [0.25, 0.3) is 5.56 Å². The standard InChI is InChI=1S/C14H21N5O2/c1-9-12(10(2)19(5)16-9)8-15-7-11-6-13(20)18(4)14(21)17(11)3/h6,15H,7-8H2,1-5H3. The largest absolute Gasteiger partial charge is 0.330 e. The number of hydrogen-bond acceptors (Lipinski definition) is 4. The fraction of sp³-hybridized carbons (Fsp3) is 0.500. The van der Waals surface area contributed by atoms with Gasteiger partial charge < -0.3 is 5.32 Å². The molecule has 7 nitrogen and oxygen atoms in total. The van der Waals surface area contributed by atoms with Crippen LogP contribution in [0, 0.1) is 13.8 Å². The molecule has 7 heteroatoms. The van der Waals surface area contributed by atoms with Crippen LogP contribution in [0.4, 0.5) is 0 Å². The van der Waals surface area contributed by atoms with Crippen molar-refractivity contribution in [2.75, 3.05) is 0 Å². The van der Waals surface area contributed by atoms with E-state index in [4.69, 9.17) is 0 Å². The highest BCUT2D eigenvalue weighted by molar-refractivity contribution is 5.24. The number of aromatic nitrogens is 4. The van der Waals surface area contributed by atoms with Gasteiger partial charge in [-0.1, -0.05) is 0 Å². The van der Waals surface area contributed by atoms with Crippen LogP contribution < -0.4 is 16.6 Å². The lowest BCUT2D eigenvalue weighted by atomic mass is 10.2. The van der Waals surface area contributed by atoms with E-state index in [0.29, 0.717) is 18.8 Å². The minimum absolute atomic E-state index is 0.288. The lowest BCUT2D eigenvalue weighted by Crippen LogP contribution is -2.39. The van der Waals surface area contributed by atoms with Crippen LogP contribution in [0.15, 0.2) is 15.7 Å². The van der Waals surface area contributed by atoms with Gasteiger partial charge in [-0.15, -0.1) is 0 Å². The molecule has 0 saturated heterocycles. The monoisotopic (exact) mass is 291 g/mol. The topological polar surface area (TPSA) is 73.8 Å². The van der Waals surface area contributed by atoms with E-state index in [1.807, 2.05) is 25.6 Å². The molecule has 0 amide bonds. The van der Waals surface area contributed by atoms with Gasteiger partial charge in [-0.3, -0.25) is 18.6 Å². The van der Waals surface area contributed by atoms with Gasteiger partial charge in [0.15, 0.2) is 0 Å². The fourth-order valence-corrected chi connectivity index (χ4v) is 2.34. The molecule has 0 unspecified atom stereocenters. The van der Waals surface area contributed by atoms with Crippen molar-refractivity contribution in [3.05, 3.63) is 49.5 Å². The Kier molecular flexibility index (Phi) is 4.13. The Labute approximate surface area is 122 Å². The molecule has 114 valence electrons. The molecule has 0 spiro atoms. The van der Waals surface area contributed by atoms with Gasteiger partial charge in [-0.2, -0.15) is 5.10 Å². The van der Waals surface area contributed by atoms with Crippen LogP contribution in [0.5, 0.6) is 0 Å². The summed E-state index contributed by atoms with van der Waals surface area (Å²) in [6, 6.07) is 1.48. The molecule has 0 bridgehead atoms. The van der Waals surface area contributed by atoms with E-state index in [-0.39, 0.29) is 11.2 Å². The Balaban J connectivity index is 2.15. The summed E-state index contributed by atoms with van der Waals surface area (Å²) >= 11 is 0. The summed E-state index contributed by atoms with van der Waals surface area (Å²) in [5.74, 6) is 0. The van der Waals surface area contributed by atoms with Crippen LogP contribution in [-0.4, -0.2) is 18.9 Å². The molecule has 0 radical (unpaired) electrons. The van der Waals surface area contributed by atoms with Gasteiger partial charge in [0, 0.05) is 57.3 Å². The van der Waals surface area contributed by atoms with Crippen molar-refractivity contribution in [2.24, 2.45) is 21.1 Å². The smallest absolute Gasteiger partial charge is 0.307 e. The van der Waals surface area contributed by atoms with Crippen LogP contribution in [-0.2, 0) is 34.2 Å². The highest BCUT2D eigenvalue weighted by atomic mass is 16.2. The van der Waals surface area contributed by atoms with E-state index < -0.39 is 0 Å². The minimum Gasteiger partial charge on any atom is -0.307 e. The highest BCUT2D eigenvalue weighted by Crippen LogP contribution is 2.11. The number of nitrogens with zero attached hydrogens (tertiary/aromatic N) is 4. The lowest BCUT2D eigenvalue weighted by Gasteiger charge is -2.10. The van der Waals surface area contributed by atoms with Crippen molar-refractivity contribution < 1.29 is 0 Å². The molecule has 1 N–H and O–H groups in total. The number of aryl methyl sites for hydroxylation is 2. The average molecular weight is 291 g/mol. The summed E-state index contributed by atoms with van der Waals surface area (Å²) in [6.45, 7) is 5.09. The average Bonchev–Trinajstić information content (AvgIpc) is 2.68. The Morgan fingerprint density at radius 1 is 1.10 bits per heavy atom. The fourth-order valence-electron chi connectivity index (χ4n) is 2.34. The van der Waals surface area contributed by atoms with Crippen molar-refractivity contribution in [3.8, 4) is 0 Å². The maximum atomic E-state index is 11.8. The second-order valence-corrected chi connectivity index (χ2v) is 5.25. The summed E-state index contributed by atoms with van der Waals surface area (Å²) < 4.78 is 4.43. The molecule has 2 aromatic heterocycles. The highest BCUT2D eigenvalue weighted by Gasteiger charge is 2.10. The zero-order chi connectivity index (χ0) is 15.7. The molecule has 2 rings (SSSR count). The van der Waals surface area contributed by atoms with Gasteiger partial charge in [0.1, 0.15) is 0 Å². The van der Waals surface area contributed by atoms with Crippen molar-refractivity contribution in [1.82, 2.24) is 24.2 Å². The normalized spacial score (nSPS) is 11.1. The quantitative estimate of drug-likeness (QED) is 0.841. The summed E-state index contributed by atoms with van der Waals surface area (Å²) in [6.07, 6.45) is 0. The summed E-state index contributed by atoms with van der Waals surface area (Å²) in [7, 11) is 5.06. The van der Waals surface area contributed by atoms with Gasteiger partial charge in [-0.25, -0.2) is 4.79 Å². The maximum absolute atomic E-state index is 11.8. The summed E-state index contributed by atoms with van der Waals surface area (Å²) in [5, 5.41) is 7.63. The van der Waals surface area contributed by atoms with E-state index in [1.54, 1.807) is 7.05 Å². The SMILES string of the molecule is Cc1nn(C)c(C)c1CNCc1cc(=O)n(C)c(=O)n1C. The van der Waals surface area contributed by atoms with E-state index in [1.165, 1.54) is 17.7 Å². The molecular formula is C14H21N5O2. The van der Waals surface area contributed by atoms with Gasteiger partial charge in [0.05, 0.1) is 5.69 Å². The number of nitrogens with one attached hydrogen (secondary N) is 1. The lowest BCUT2D eigenvalue weighted by molar-refractivity contribution is 0.599. The van der Waals surface area contributed by atoms with Crippen molar-refractivity contribution in [1.29, 1.82) is 0 Å². The van der Waals surface area contributed by atoms with Crippen LogP contribution in [0.25, 0.3) is 0 Å². The molecule has 0 aliphatic heterocycles. The zero-order valence-electron chi connectivity index (χ0n) is 13.1. The second kappa shape index (κ2) is 5.69. The Bertz CT molecular complexity index is 782. The van der Waals surface area contributed by atoms with Crippen molar-refractivity contribution >= 4 is 0 Å². The molecule has 2 aromatic rings. The molecular weight excluding hydrogens is 270 g/mol. The van der Waals surface area contributed by atoms with Crippen LogP contribution >= 0.6 is 0 Å². The minimum atomic E-state index is -0.312. The Hall–Kier alpha value is -2.15. The Morgan fingerprint density at radius 3 is 2.33 bits per heavy atom. The predicted octanol–water partition coefficient (Wildman–Crippen LogP) is -0.276. The van der Waals surface area contributed by atoms with Gasteiger partial charge >= 0.3 is 5.69 Å². The van der Waals surface area contributed by atoms with Crippen LogP contribution in [0.2, 0.25) is 0 Å². The van der Waals surface area contributed by atoms with Crippen molar-refractivity contribution in [3.63, 3.8) is 0 Å². The first-order valence-electron chi connectivity index (χ1n) is 6.78. The molecule has 21 heavy (non-hydrogen) atoms. The molecule has 0 atom stereocenters. The molecule has 2 heterocycles. The van der Waals surface area contributed by atoms with Gasteiger partial charge in [0.2, 0.25) is 0 Å². The predicted molar refractivity (Wildman–Crippen MR) is 80.1 cm³/mol. The van der Waals surface area contributed by atoms with Crippen LogP contribution in [0.3, 0.4) is 0 Å². The number of hydrogen-bond donors (Lipinski definition) is 1. The van der Waals surface area contributed by atoms with Gasteiger partial charge in [-0.05, 0) is 13.8 Å². The van der Waals surface area contributed by atoms with Crippen LogP contribution in [0.1, 0.15) is 22.6 Å². The number of rotatable bonds is 4. The van der Waals surface area contributed by atoms with E-state index in [9.17, 15) is 9.59 Å². The first kappa shape index (κ1) is 15.2. The molecule has 0 saturated carbocycles. The molecule has 0 aliphatic carbocycles.